The standard InChI is InChI=1S/C23H21N5O4/c29-19-7-12(10-24-19)5-6-32-23-20-18(25-11-28(20)14-2-3-14)9-16(27-23)13-1-4-15-17(8-13)26-22(31)21(15)30/h1,4,8-9,11-12,14H,2-3,5-7,10H2,(H,24,29)(H,26,30,31)/t12-/m1/s1. The van der Waals surface area contributed by atoms with Gasteiger partial charge in [0.2, 0.25) is 11.8 Å². The molecule has 2 amide bonds. The van der Waals surface area contributed by atoms with E-state index in [2.05, 4.69) is 20.2 Å². The Balaban J connectivity index is 1.34. The third kappa shape index (κ3) is 3.21. The summed E-state index contributed by atoms with van der Waals surface area (Å²) >= 11 is 0. The lowest BCUT2D eigenvalue weighted by Gasteiger charge is -2.13. The van der Waals surface area contributed by atoms with Crippen LogP contribution in [0, 0.1) is 5.92 Å². The quantitative estimate of drug-likeness (QED) is 0.580. The molecular weight excluding hydrogens is 410 g/mol. The van der Waals surface area contributed by atoms with Gasteiger partial charge in [-0.25, -0.2) is 9.97 Å². The molecule has 3 aliphatic rings. The first-order valence-corrected chi connectivity index (χ1v) is 10.8. The van der Waals surface area contributed by atoms with Gasteiger partial charge in [-0.3, -0.25) is 14.4 Å². The van der Waals surface area contributed by atoms with E-state index in [1.165, 1.54) is 0 Å². The minimum Gasteiger partial charge on any atom is -0.476 e. The van der Waals surface area contributed by atoms with Crippen molar-refractivity contribution in [2.75, 3.05) is 18.5 Å². The predicted octanol–water partition coefficient (Wildman–Crippen LogP) is 2.47. The summed E-state index contributed by atoms with van der Waals surface area (Å²) < 4.78 is 8.28. The second-order valence-electron chi connectivity index (χ2n) is 8.62. The van der Waals surface area contributed by atoms with E-state index in [-0.39, 0.29) is 11.8 Å². The largest absolute Gasteiger partial charge is 0.476 e. The van der Waals surface area contributed by atoms with Crippen LogP contribution in [0.5, 0.6) is 5.88 Å². The summed E-state index contributed by atoms with van der Waals surface area (Å²) in [5.41, 5.74) is 3.94. The molecule has 3 aromatic rings. The number of hydrogen-bond donors (Lipinski definition) is 2. The zero-order chi connectivity index (χ0) is 21.8. The average molecular weight is 431 g/mol. The molecule has 4 heterocycles. The van der Waals surface area contributed by atoms with E-state index in [1.54, 1.807) is 18.2 Å². The van der Waals surface area contributed by atoms with E-state index >= 15 is 0 Å². The van der Waals surface area contributed by atoms with Gasteiger partial charge in [-0.15, -0.1) is 0 Å². The van der Waals surface area contributed by atoms with E-state index in [1.807, 2.05) is 12.4 Å². The van der Waals surface area contributed by atoms with Crippen molar-refractivity contribution in [3.8, 4) is 17.1 Å². The maximum absolute atomic E-state index is 11.9. The lowest BCUT2D eigenvalue weighted by atomic mass is 10.1. The molecule has 162 valence electrons. The summed E-state index contributed by atoms with van der Waals surface area (Å²) in [6.07, 6.45) is 5.35. The van der Waals surface area contributed by atoms with Gasteiger partial charge in [-0.05, 0) is 43.4 Å². The van der Waals surface area contributed by atoms with E-state index in [9.17, 15) is 14.4 Å². The van der Waals surface area contributed by atoms with Gasteiger partial charge in [0.25, 0.3) is 11.7 Å². The first-order valence-electron chi connectivity index (χ1n) is 10.8. The number of hydrogen-bond acceptors (Lipinski definition) is 6. The summed E-state index contributed by atoms with van der Waals surface area (Å²) in [5.74, 6) is -0.270. The van der Waals surface area contributed by atoms with Crippen molar-refractivity contribution in [2.24, 2.45) is 5.92 Å². The smallest absolute Gasteiger partial charge is 0.296 e. The van der Waals surface area contributed by atoms with Gasteiger partial charge in [-0.1, -0.05) is 6.07 Å². The van der Waals surface area contributed by atoms with Crippen LogP contribution >= 0.6 is 0 Å². The highest BCUT2D eigenvalue weighted by Crippen LogP contribution is 2.40. The number of ether oxygens (including phenoxy) is 1. The van der Waals surface area contributed by atoms with Gasteiger partial charge < -0.3 is 19.9 Å². The van der Waals surface area contributed by atoms with Gasteiger partial charge in [0.15, 0.2) is 0 Å². The molecule has 1 aromatic carbocycles. The molecule has 6 rings (SSSR count). The van der Waals surface area contributed by atoms with Crippen molar-refractivity contribution in [1.82, 2.24) is 19.9 Å². The highest BCUT2D eigenvalue weighted by molar-refractivity contribution is 6.51. The highest BCUT2D eigenvalue weighted by Gasteiger charge is 2.30. The second-order valence-corrected chi connectivity index (χ2v) is 8.62. The number of benzene rings is 1. The SMILES string of the molecule is O=C1C[C@@H](CCOc2nc(-c3ccc4c(c3)NC(=O)C4=O)cc3ncn(C4CC4)c23)CN1. The van der Waals surface area contributed by atoms with Crippen LogP contribution < -0.4 is 15.4 Å². The van der Waals surface area contributed by atoms with Crippen LogP contribution in [-0.2, 0) is 9.59 Å². The average Bonchev–Trinajstić information content (AvgIpc) is 3.30. The Labute approximate surface area is 183 Å². The number of fused-ring (bicyclic) bond motifs is 2. The number of ketones is 1. The van der Waals surface area contributed by atoms with Crippen LogP contribution in [0.4, 0.5) is 5.69 Å². The number of rotatable bonds is 6. The Morgan fingerprint density at radius 2 is 2.03 bits per heavy atom. The molecule has 2 fully saturated rings. The minimum atomic E-state index is -0.618. The number of carbonyl (C=O) groups excluding carboxylic acids is 3. The third-order valence-corrected chi connectivity index (χ3v) is 6.30. The third-order valence-electron chi connectivity index (χ3n) is 6.30. The summed E-state index contributed by atoms with van der Waals surface area (Å²) in [6, 6.07) is 7.50. The second kappa shape index (κ2) is 7.15. The predicted molar refractivity (Wildman–Crippen MR) is 115 cm³/mol. The Morgan fingerprint density at radius 1 is 1.16 bits per heavy atom. The number of nitrogens with zero attached hydrogens (tertiary/aromatic N) is 3. The van der Waals surface area contributed by atoms with E-state index < -0.39 is 11.7 Å². The lowest BCUT2D eigenvalue weighted by Crippen LogP contribution is -2.14. The summed E-state index contributed by atoms with van der Waals surface area (Å²) in [4.78, 5) is 44.4. The minimum absolute atomic E-state index is 0.0894. The molecule has 0 spiro atoms. The molecular formula is C23H21N5O4. The Bertz CT molecular complexity index is 1290. The van der Waals surface area contributed by atoms with E-state index in [0.29, 0.717) is 48.4 Å². The number of pyridine rings is 1. The number of Topliss-reactive ketones (excluding diaryl/α,β-unsaturated/α-hetero) is 1. The maximum atomic E-state index is 11.9. The van der Waals surface area contributed by atoms with Gasteiger partial charge >= 0.3 is 0 Å². The zero-order valence-electron chi connectivity index (χ0n) is 17.3. The van der Waals surface area contributed by atoms with Crippen LogP contribution in [0.25, 0.3) is 22.3 Å². The van der Waals surface area contributed by atoms with Crippen LogP contribution in [-0.4, -0.2) is 45.3 Å². The molecule has 32 heavy (non-hydrogen) atoms. The fourth-order valence-corrected chi connectivity index (χ4v) is 4.40. The van der Waals surface area contributed by atoms with Gasteiger partial charge in [0.1, 0.15) is 5.52 Å². The van der Waals surface area contributed by atoms with Crippen molar-refractivity contribution >= 4 is 34.3 Å². The summed E-state index contributed by atoms with van der Waals surface area (Å²) in [6.45, 7) is 1.14. The number of imidazole rings is 1. The zero-order valence-corrected chi connectivity index (χ0v) is 17.3. The summed E-state index contributed by atoms with van der Waals surface area (Å²) in [5, 5.41) is 5.46. The van der Waals surface area contributed by atoms with E-state index in [0.717, 1.165) is 35.9 Å². The Hall–Kier alpha value is -3.75. The van der Waals surface area contributed by atoms with Crippen molar-refractivity contribution in [1.29, 1.82) is 0 Å². The van der Waals surface area contributed by atoms with Gasteiger partial charge in [-0.2, -0.15) is 0 Å². The van der Waals surface area contributed by atoms with Crippen molar-refractivity contribution in [3.63, 3.8) is 0 Å². The number of nitrogens with one attached hydrogen (secondary N) is 2. The summed E-state index contributed by atoms with van der Waals surface area (Å²) in [7, 11) is 0. The molecule has 2 aliphatic heterocycles. The normalized spacial score (nSPS) is 19.9. The molecule has 0 radical (unpaired) electrons. The molecule has 2 aromatic heterocycles. The number of carbonyl (C=O) groups is 3. The fourth-order valence-electron chi connectivity index (χ4n) is 4.40. The van der Waals surface area contributed by atoms with Gasteiger partial charge in [0.05, 0.1) is 35.4 Å². The van der Waals surface area contributed by atoms with Crippen molar-refractivity contribution in [2.45, 2.75) is 31.7 Å². The molecule has 1 saturated heterocycles. The lowest BCUT2D eigenvalue weighted by molar-refractivity contribution is -0.119. The van der Waals surface area contributed by atoms with Crippen LogP contribution in [0.3, 0.4) is 0 Å². The molecule has 0 unspecified atom stereocenters. The monoisotopic (exact) mass is 431 g/mol. The van der Waals surface area contributed by atoms with Crippen molar-refractivity contribution < 1.29 is 19.1 Å². The van der Waals surface area contributed by atoms with E-state index in [4.69, 9.17) is 9.72 Å². The van der Waals surface area contributed by atoms with Crippen LogP contribution in [0.2, 0.25) is 0 Å². The molecule has 9 heteroatoms. The topological polar surface area (TPSA) is 115 Å². The fraction of sp³-hybridized carbons (Fsp3) is 0.348. The van der Waals surface area contributed by atoms with Crippen molar-refractivity contribution in [3.05, 3.63) is 36.2 Å². The van der Waals surface area contributed by atoms with Gasteiger partial charge in [0, 0.05) is 24.6 Å². The molecule has 1 atom stereocenters. The van der Waals surface area contributed by atoms with Crippen LogP contribution in [0.15, 0.2) is 30.6 Å². The molecule has 2 N–H and O–H groups in total. The number of amides is 2. The van der Waals surface area contributed by atoms with Crippen LogP contribution in [0.1, 0.15) is 42.1 Å². The number of aromatic nitrogens is 3. The molecule has 1 saturated carbocycles. The molecule has 1 aliphatic carbocycles. The number of anilines is 1. The first kappa shape index (κ1) is 19.0. The molecule has 0 bridgehead atoms. The first-order chi connectivity index (χ1) is 15.6. The Kier molecular flexibility index (Phi) is 4.24. The maximum Gasteiger partial charge on any atom is 0.296 e. The molecule has 9 nitrogen and oxygen atoms in total. The Morgan fingerprint density at radius 3 is 2.81 bits per heavy atom. The highest BCUT2D eigenvalue weighted by atomic mass is 16.5.